The van der Waals surface area contributed by atoms with Gasteiger partial charge >= 0.3 is 0 Å². The maximum Gasteiger partial charge on any atom is 0.205 e. The molecule has 0 bridgehead atoms. The van der Waals surface area contributed by atoms with E-state index in [0.29, 0.717) is 23.7 Å². The Kier molecular flexibility index (Phi) is 3.86. The molecule has 2 atom stereocenters. The second kappa shape index (κ2) is 5.65. The molecule has 112 valence electrons. The molecule has 0 saturated carbocycles. The lowest BCUT2D eigenvalue weighted by Gasteiger charge is -2.23. The van der Waals surface area contributed by atoms with Crippen LogP contribution in [0.5, 0.6) is 0 Å². The molecule has 1 N–H and O–H groups in total. The summed E-state index contributed by atoms with van der Waals surface area (Å²) in [6, 6.07) is 3.64. The van der Waals surface area contributed by atoms with E-state index in [1.165, 1.54) is 17.6 Å². The molecule has 0 spiro atoms. The number of benzene rings is 1. The van der Waals surface area contributed by atoms with Crippen LogP contribution < -0.4 is 4.90 Å². The van der Waals surface area contributed by atoms with E-state index in [-0.39, 0.29) is 6.04 Å². The van der Waals surface area contributed by atoms with Crippen molar-refractivity contribution in [2.75, 3.05) is 11.4 Å². The van der Waals surface area contributed by atoms with Gasteiger partial charge in [0.05, 0.1) is 12.1 Å². The lowest BCUT2D eigenvalue weighted by molar-refractivity contribution is 0.194. The first-order chi connectivity index (χ1) is 10.1. The lowest BCUT2D eigenvalue weighted by Crippen LogP contribution is -2.24. The molecule has 2 heterocycles. The molecular weight excluding hydrogens is 296 g/mol. The molecule has 4 nitrogen and oxygen atoms in total. The lowest BCUT2D eigenvalue weighted by atomic mass is 10.0. The molecule has 1 fully saturated rings. The maximum atomic E-state index is 13.4. The predicted molar refractivity (Wildman–Crippen MR) is 76.4 cm³/mol. The molecule has 1 aromatic carbocycles. The smallest absolute Gasteiger partial charge is 0.205 e. The monoisotopic (exact) mass is 311 g/mol. The van der Waals surface area contributed by atoms with E-state index >= 15 is 0 Å². The first kappa shape index (κ1) is 14.3. The van der Waals surface area contributed by atoms with Gasteiger partial charge in [0.2, 0.25) is 5.13 Å². The molecule has 1 saturated heterocycles. The van der Waals surface area contributed by atoms with Crippen molar-refractivity contribution in [3.8, 4) is 0 Å². The van der Waals surface area contributed by atoms with Crippen LogP contribution in [0.2, 0.25) is 0 Å². The predicted octanol–water partition coefficient (Wildman–Crippen LogP) is 2.69. The Morgan fingerprint density at radius 1 is 1.38 bits per heavy atom. The van der Waals surface area contributed by atoms with Gasteiger partial charge in [0.25, 0.3) is 0 Å². The minimum absolute atomic E-state index is 0.215. The SMILES string of the molecule is CCc1nsc(N2C[C@@H](O)C[C@H]2c2ccc(F)c(F)c2)n1. The fourth-order valence-electron chi connectivity index (χ4n) is 2.57. The summed E-state index contributed by atoms with van der Waals surface area (Å²) in [5.74, 6) is -0.992. The number of aliphatic hydroxyl groups excluding tert-OH is 1. The van der Waals surface area contributed by atoms with Crippen LogP contribution >= 0.6 is 11.5 Å². The summed E-state index contributed by atoms with van der Waals surface area (Å²) in [6.45, 7) is 2.39. The van der Waals surface area contributed by atoms with Crippen LogP contribution in [0.1, 0.15) is 30.8 Å². The van der Waals surface area contributed by atoms with Crippen molar-refractivity contribution in [2.45, 2.75) is 31.9 Å². The van der Waals surface area contributed by atoms with Gasteiger partial charge in [-0.1, -0.05) is 13.0 Å². The molecule has 1 aromatic heterocycles. The van der Waals surface area contributed by atoms with Gasteiger partial charge in [-0.25, -0.2) is 13.8 Å². The third-order valence-electron chi connectivity index (χ3n) is 3.63. The molecule has 0 radical (unpaired) electrons. The molecule has 21 heavy (non-hydrogen) atoms. The summed E-state index contributed by atoms with van der Waals surface area (Å²) >= 11 is 1.27. The molecule has 0 unspecified atom stereocenters. The van der Waals surface area contributed by atoms with E-state index < -0.39 is 17.7 Å². The van der Waals surface area contributed by atoms with Crippen molar-refractivity contribution in [1.82, 2.24) is 9.36 Å². The van der Waals surface area contributed by atoms with E-state index in [1.54, 1.807) is 6.07 Å². The van der Waals surface area contributed by atoms with Crippen LogP contribution in [0.3, 0.4) is 0 Å². The second-order valence-electron chi connectivity index (χ2n) is 5.08. The second-order valence-corrected chi connectivity index (χ2v) is 5.81. The Morgan fingerprint density at radius 3 is 2.86 bits per heavy atom. The number of aromatic nitrogens is 2. The Bertz CT molecular complexity index is 649. The van der Waals surface area contributed by atoms with Crippen LogP contribution in [0, 0.1) is 11.6 Å². The molecule has 1 aliphatic rings. The number of hydrogen-bond acceptors (Lipinski definition) is 5. The number of hydrogen-bond donors (Lipinski definition) is 1. The van der Waals surface area contributed by atoms with E-state index in [2.05, 4.69) is 9.36 Å². The largest absolute Gasteiger partial charge is 0.391 e. The van der Waals surface area contributed by atoms with Gasteiger partial charge in [0, 0.05) is 24.5 Å². The van der Waals surface area contributed by atoms with Crippen LogP contribution in [0.25, 0.3) is 0 Å². The first-order valence-corrected chi connectivity index (χ1v) is 7.58. The van der Waals surface area contributed by atoms with Gasteiger partial charge < -0.3 is 10.0 Å². The van der Waals surface area contributed by atoms with Crippen molar-refractivity contribution in [3.63, 3.8) is 0 Å². The number of halogens is 2. The quantitative estimate of drug-likeness (QED) is 0.947. The number of nitrogens with zero attached hydrogens (tertiary/aromatic N) is 3. The summed E-state index contributed by atoms with van der Waals surface area (Å²) in [5.41, 5.74) is 0.638. The van der Waals surface area contributed by atoms with Crippen molar-refractivity contribution in [1.29, 1.82) is 0 Å². The van der Waals surface area contributed by atoms with E-state index in [0.717, 1.165) is 18.3 Å². The minimum Gasteiger partial charge on any atom is -0.391 e. The van der Waals surface area contributed by atoms with Crippen LogP contribution in [-0.2, 0) is 6.42 Å². The van der Waals surface area contributed by atoms with Gasteiger partial charge in [-0.3, -0.25) is 0 Å². The summed E-state index contributed by atoms with van der Waals surface area (Å²) in [5, 5.41) is 10.6. The molecule has 7 heteroatoms. The number of anilines is 1. The zero-order chi connectivity index (χ0) is 15.0. The number of rotatable bonds is 3. The van der Waals surface area contributed by atoms with Gasteiger partial charge in [-0.2, -0.15) is 4.37 Å². The first-order valence-electron chi connectivity index (χ1n) is 6.80. The van der Waals surface area contributed by atoms with Crippen molar-refractivity contribution >= 4 is 16.7 Å². The standard InChI is InChI=1S/C14H15F2N3OS/c1-2-13-17-14(21-18-13)19-7-9(20)6-12(19)8-3-4-10(15)11(16)5-8/h3-5,9,12,20H,2,6-7H2,1H3/t9-,12-/m0/s1. The van der Waals surface area contributed by atoms with Gasteiger partial charge in [0.15, 0.2) is 11.6 Å². The molecule has 0 amide bonds. The van der Waals surface area contributed by atoms with E-state index in [4.69, 9.17) is 0 Å². The highest BCUT2D eigenvalue weighted by Crippen LogP contribution is 2.37. The van der Waals surface area contributed by atoms with Gasteiger partial charge in [-0.05, 0) is 24.1 Å². The minimum atomic E-state index is -0.875. The summed E-state index contributed by atoms with van der Waals surface area (Å²) < 4.78 is 30.7. The molecule has 0 aliphatic carbocycles. The Balaban J connectivity index is 1.93. The van der Waals surface area contributed by atoms with Gasteiger partial charge in [0.1, 0.15) is 5.82 Å². The average molecular weight is 311 g/mol. The average Bonchev–Trinajstić information content (AvgIpc) is 3.08. The molecule has 3 rings (SSSR count). The molecular formula is C14H15F2N3OS. The van der Waals surface area contributed by atoms with Crippen LogP contribution in [0.15, 0.2) is 18.2 Å². The van der Waals surface area contributed by atoms with E-state index in [1.807, 2.05) is 11.8 Å². The van der Waals surface area contributed by atoms with Crippen molar-refractivity contribution in [3.05, 3.63) is 41.2 Å². The highest BCUT2D eigenvalue weighted by atomic mass is 32.1. The fraction of sp³-hybridized carbons (Fsp3) is 0.429. The Morgan fingerprint density at radius 2 is 2.19 bits per heavy atom. The zero-order valence-electron chi connectivity index (χ0n) is 11.5. The summed E-state index contributed by atoms with van der Waals surface area (Å²) in [4.78, 5) is 6.33. The highest BCUT2D eigenvalue weighted by Gasteiger charge is 2.34. The third-order valence-corrected chi connectivity index (χ3v) is 4.42. The normalized spacial score (nSPS) is 22.0. The highest BCUT2D eigenvalue weighted by molar-refractivity contribution is 7.09. The maximum absolute atomic E-state index is 13.4. The van der Waals surface area contributed by atoms with Crippen LogP contribution in [0.4, 0.5) is 13.9 Å². The molecule has 2 aromatic rings. The number of aryl methyl sites for hydroxylation is 1. The summed E-state index contributed by atoms with van der Waals surface area (Å²) in [6.07, 6.45) is 0.687. The van der Waals surface area contributed by atoms with Crippen molar-refractivity contribution in [2.24, 2.45) is 0 Å². The number of β-amino-alcohol motifs (C(OH)–C–C–N with tert-alkyl or cyclic N) is 1. The fourth-order valence-corrected chi connectivity index (χ4v) is 3.38. The number of aliphatic hydroxyl groups is 1. The van der Waals surface area contributed by atoms with Crippen molar-refractivity contribution < 1.29 is 13.9 Å². The Labute approximate surface area is 125 Å². The van der Waals surface area contributed by atoms with Crippen LogP contribution in [-0.4, -0.2) is 27.1 Å². The van der Waals surface area contributed by atoms with E-state index in [9.17, 15) is 13.9 Å². The topological polar surface area (TPSA) is 49.2 Å². The zero-order valence-corrected chi connectivity index (χ0v) is 12.3. The summed E-state index contributed by atoms with van der Waals surface area (Å²) in [7, 11) is 0. The molecule has 1 aliphatic heterocycles. The third kappa shape index (κ3) is 2.75. The van der Waals surface area contributed by atoms with Gasteiger partial charge in [-0.15, -0.1) is 0 Å². The Hall–Kier alpha value is -1.60.